The molecule has 0 aromatic heterocycles. The van der Waals surface area contributed by atoms with Gasteiger partial charge in [-0.1, -0.05) is 0 Å². The molecule has 0 aliphatic rings. The van der Waals surface area contributed by atoms with Crippen LogP contribution in [0.25, 0.3) is 0 Å². The zero-order chi connectivity index (χ0) is 9.84. The topological polar surface area (TPSA) is 73.6 Å². The summed E-state index contributed by atoms with van der Waals surface area (Å²) in [7, 11) is 0. The van der Waals surface area contributed by atoms with Crippen molar-refractivity contribution in [3.05, 3.63) is 28.8 Å². The van der Waals surface area contributed by atoms with Crippen molar-refractivity contribution in [2.24, 2.45) is 0 Å². The summed E-state index contributed by atoms with van der Waals surface area (Å²) in [5, 5.41) is 17.2. The molecule has 0 unspecified atom stereocenters. The van der Waals surface area contributed by atoms with Crippen molar-refractivity contribution >= 4 is 5.69 Å². The van der Waals surface area contributed by atoms with Gasteiger partial charge in [0.05, 0.1) is 24.1 Å². The zero-order valence-corrected chi connectivity index (χ0v) is 7.33. The van der Waals surface area contributed by atoms with Gasteiger partial charge in [-0.3, -0.25) is 0 Å². The lowest BCUT2D eigenvalue weighted by atomic mass is 10.0. The number of hydrogen-bond donors (Lipinski definition) is 1. The maximum Gasteiger partial charge on any atom is 0.0995 e. The van der Waals surface area contributed by atoms with Gasteiger partial charge in [-0.15, -0.1) is 0 Å². The number of nitrogen functional groups attached to an aromatic ring is 1. The first-order valence-electron chi connectivity index (χ1n) is 3.85. The molecule has 3 nitrogen and oxygen atoms in total. The lowest BCUT2D eigenvalue weighted by Crippen LogP contribution is -1.95. The van der Waals surface area contributed by atoms with E-state index in [1.54, 1.807) is 19.1 Å². The molecule has 1 aromatic carbocycles. The molecule has 0 saturated heterocycles. The standard InChI is InChI=1S/C10H9N3/c1-7-9(6-12)4-8(2-3-11)5-10(7)13/h4-5H,2,13H2,1H3. The molecule has 1 aromatic rings. The number of hydrogen-bond acceptors (Lipinski definition) is 3. The number of nitrogens with two attached hydrogens (primary N) is 1. The van der Waals surface area contributed by atoms with Gasteiger partial charge in [-0.2, -0.15) is 10.5 Å². The van der Waals surface area contributed by atoms with Crippen LogP contribution in [0.5, 0.6) is 0 Å². The molecule has 0 bridgehead atoms. The second kappa shape index (κ2) is 3.60. The predicted molar refractivity (Wildman–Crippen MR) is 49.6 cm³/mol. The van der Waals surface area contributed by atoms with Crippen LogP contribution in [0.3, 0.4) is 0 Å². The number of anilines is 1. The summed E-state index contributed by atoms with van der Waals surface area (Å²) in [5.74, 6) is 0. The van der Waals surface area contributed by atoms with Gasteiger partial charge in [0.1, 0.15) is 0 Å². The second-order valence-corrected chi connectivity index (χ2v) is 2.80. The highest BCUT2D eigenvalue weighted by atomic mass is 14.6. The molecule has 64 valence electrons. The summed E-state index contributed by atoms with van der Waals surface area (Å²) in [6.07, 6.45) is 0.291. The second-order valence-electron chi connectivity index (χ2n) is 2.80. The van der Waals surface area contributed by atoms with Crippen molar-refractivity contribution in [2.45, 2.75) is 13.3 Å². The molecular weight excluding hydrogens is 162 g/mol. The summed E-state index contributed by atoms with van der Waals surface area (Å²) in [5.41, 5.74) is 8.36. The van der Waals surface area contributed by atoms with E-state index in [-0.39, 0.29) is 0 Å². The number of nitrogens with zero attached hydrogens (tertiary/aromatic N) is 2. The largest absolute Gasteiger partial charge is 0.398 e. The average molecular weight is 171 g/mol. The van der Waals surface area contributed by atoms with Gasteiger partial charge in [0, 0.05) is 5.69 Å². The molecular formula is C10H9N3. The maximum absolute atomic E-state index is 8.75. The molecule has 0 aliphatic heterocycles. The predicted octanol–water partition coefficient (Wildman–Crippen LogP) is 1.51. The Morgan fingerprint density at radius 3 is 2.62 bits per heavy atom. The highest BCUT2D eigenvalue weighted by Crippen LogP contribution is 2.18. The van der Waals surface area contributed by atoms with Crippen molar-refractivity contribution < 1.29 is 0 Å². The monoisotopic (exact) mass is 171 g/mol. The summed E-state index contributed by atoms with van der Waals surface area (Å²) in [6, 6.07) is 7.50. The SMILES string of the molecule is Cc1c(N)cc(CC#N)cc1C#N. The van der Waals surface area contributed by atoms with Crippen LogP contribution in [0.2, 0.25) is 0 Å². The van der Waals surface area contributed by atoms with E-state index in [0.29, 0.717) is 17.7 Å². The Hall–Kier alpha value is -2.00. The first kappa shape index (κ1) is 9.09. The Kier molecular flexibility index (Phi) is 2.52. The van der Waals surface area contributed by atoms with E-state index in [0.717, 1.165) is 11.1 Å². The minimum Gasteiger partial charge on any atom is -0.398 e. The average Bonchev–Trinajstić information content (AvgIpc) is 2.11. The van der Waals surface area contributed by atoms with Crippen LogP contribution < -0.4 is 5.73 Å². The Balaban J connectivity index is 3.26. The third-order valence-corrected chi connectivity index (χ3v) is 1.91. The zero-order valence-electron chi connectivity index (χ0n) is 7.33. The lowest BCUT2D eigenvalue weighted by Gasteiger charge is -2.04. The van der Waals surface area contributed by atoms with Gasteiger partial charge in [0.2, 0.25) is 0 Å². The fourth-order valence-corrected chi connectivity index (χ4v) is 1.11. The molecule has 0 spiro atoms. The minimum absolute atomic E-state index is 0.291. The van der Waals surface area contributed by atoms with Crippen LogP contribution >= 0.6 is 0 Å². The van der Waals surface area contributed by atoms with Gasteiger partial charge in [-0.05, 0) is 30.2 Å². The maximum atomic E-state index is 8.75. The van der Waals surface area contributed by atoms with E-state index in [1.165, 1.54) is 0 Å². The van der Waals surface area contributed by atoms with Crippen molar-refractivity contribution in [3.63, 3.8) is 0 Å². The Morgan fingerprint density at radius 2 is 2.08 bits per heavy atom. The lowest BCUT2D eigenvalue weighted by molar-refractivity contribution is 1.24. The van der Waals surface area contributed by atoms with Crippen molar-refractivity contribution in [3.8, 4) is 12.1 Å². The first-order chi connectivity index (χ1) is 6.19. The smallest absolute Gasteiger partial charge is 0.0995 e. The van der Waals surface area contributed by atoms with Crippen molar-refractivity contribution in [1.82, 2.24) is 0 Å². The van der Waals surface area contributed by atoms with Crippen molar-refractivity contribution in [2.75, 3.05) is 5.73 Å². The molecule has 2 N–H and O–H groups in total. The number of rotatable bonds is 1. The molecule has 0 atom stereocenters. The Bertz CT molecular complexity index is 407. The molecule has 0 saturated carbocycles. The van der Waals surface area contributed by atoms with Gasteiger partial charge in [0.25, 0.3) is 0 Å². The van der Waals surface area contributed by atoms with Gasteiger partial charge >= 0.3 is 0 Å². The van der Waals surface area contributed by atoms with Gasteiger partial charge in [-0.25, -0.2) is 0 Å². The molecule has 13 heavy (non-hydrogen) atoms. The Morgan fingerprint density at radius 1 is 1.38 bits per heavy atom. The minimum atomic E-state index is 0.291. The quantitative estimate of drug-likeness (QED) is 0.651. The summed E-state index contributed by atoms with van der Waals surface area (Å²) in [4.78, 5) is 0. The molecule has 1 rings (SSSR count). The normalized spacial score (nSPS) is 8.85. The van der Waals surface area contributed by atoms with Crippen LogP contribution in [-0.2, 0) is 6.42 Å². The van der Waals surface area contributed by atoms with E-state index in [4.69, 9.17) is 16.3 Å². The van der Waals surface area contributed by atoms with Crippen LogP contribution in [0, 0.1) is 29.6 Å². The highest BCUT2D eigenvalue weighted by molar-refractivity contribution is 5.56. The fraction of sp³-hybridized carbons (Fsp3) is 0.200. The Labute approximate surface area is 77.0 Å². The van der Waals surface area contributed by atoms with Crippen molar-refractivity contribution in [1.29, 1.82) is 10.5 Å². The van der Waals surface area contributed by atoms with Gasteiger partial charge in [0.15, 0.2) is 0 Å². The third kappa shape index (κ3) is 1.77. The number of benzene rings is 1. The molecule has 3 heteroatoms. The summed E-state index contributed by atoms with van der Waals surface area (Å²) >= 11 is 0. The van der Waals surface area contributed by atoms with Crippen LogP contribution in [-0.4, -0.2) is 0 Å². The van der Waals surface area contributed by atoms with E-state index in [9.17, 15) is 0 Å². The molecule has 0 radical (unpaired) electrons. The van der Waals surface area contributed by atoms with E-state index >= 15 is 0 Å². The van der Waals surface area contributed by atoms with E-state index in [1.807, 2.05) is 12.1 Å². The molecule has 0 fully saturated rings. The summed E-state index contributed by atoms with van der Waals surface area (Å²) < 4.78 is 0. The third-order valence-electron chi connectivity index (χ3n) is 1.91. The molecule has 0 amide bonds. The molecule has 0 aliphatic carbocycles. The fourth-order valence-electron chi connectivity index (χ4n) is 1.11. The van der Waals surface area contributed by atoms with Crippen LogP contribution in [0.15, 0.2) is 12.1 Å². The van der Waals surface area contributed by atoms with Crippen LogP contribution in [0.4, 0.5) is 5.69 Å². The summed E-state index contributed by atoms with van der Waals surface area (Å²) in [6.45, 7) is 1.80. The van der Waals surface area contributed by atoms with E-state index in [2.05, 4.69) is 0 Å². The molecule has 0 heterocycles. The first-order valence-corrected chi connectivity index (χ1v) is 3.85. The number of nitriles is 2. The van der Waals surface area contributed by atoms with Gasteiger partial charge < -0.3 is 5.73 Å². The highest BCUT2D eigenvalue weighted by Gasteiger charge is 2.03. The van der Waals surface area contributed by atoms with Crippen LogP contribution in [0.1, 0.15) is 16.7 Å². The van der Waals surface area contributed by atoms with E-state index < -0.39 is 0 Å².